The van der Waals surface area contributed by atoms with Crippen LogP contribution >= 0.6 is 11.3 Å². The second-order valence-corrected chi connectivity index (χ2v) is 5.36. The first-order valence-electron chi connectivity index (χ1n) is 6.53. The summed E-state index contributed by atoms with van der Waals surface area (Å²) in [4.78, 5) is 14.7. The molecule has 0 unspecified atom stereocenters. The average molecular weight is 359 g/mol. The molecule has 0 saturated heterocycles. The highest BCUT2D eigenvalue weighted by Crippen LogP contribution is 2.33. The van der Waals surface area contributed by atoms with Crippen LogP contribution in [-0.2, 0) is 22.3 Å². The Morgan fingerprint density at radius 2 is 2.08 bits per heavy atom. The van der Waals surface area contributed by atoms with E-state index in [1.807, 2.05) is 0 Å². The molecule has 2 aromatic rings. The van der Waals surface area contributed by atoms with Crippen molar-refractivity contribution in [3.05, 3.63) is 52.0 Å². The van der Waals surface area contributed by atoms with Gasteiger partial charge in [0.05, 0.1) is 18.8 Å². The summed E-state index contributed by atoms with van der Waals surface area (Å²) in [6, 6.07) is 6.46. The first-order chi connectivity index (χ1) is 11.3. The number of carboxylic acids is 1. The van der Waals surface area contributed by atoms with Crippen LogP contribution in [0.4, 0.5) is 13.2 Å². The Morgan fingerprint density at radius 3 is 2.67 bits per heavy atom. The van der Waals surface area contributed by atoms with Gasteiger partial charge in [-0.05, 0) is 11.1 Å². The van der Waals surface area contributed by atoms with Gasteiger partial charge >= 0.3 is 12.1 Å². The van der Waals surface area contributed by atoms with E-state index in [2.05, 4.69) is 4.98 Å². The van der Waals surface area contributed by atoms with Gasteiger partial charge < -0.3 is 14.6 Å². The molecule has 1 aromatic heterocycles. The van der Waals surface area contributed by atoms with Crippen LogP contribution in [-0.4, -0.2) is 23.2 Å². The fraction of sp³-hybridized carbons (Fsp3) is 0.200. The molecule has 0 fully saturated rings. The number of benzene rings is 1. The molecule has 128 valence electrons. The molecule has 1 heterocycles. The molecule has 1 N–H and O–H groups in total. The highest BCUT2D eigenvalue weighted by Gasteiger charge is 2.34. The number of rotatable bonds is 6. The highest BCUT2D eigenvalue weighted by molar-refractivity contribution is 7.09. The lowest BCUT2D eigenvalue weighted by atomic mass is 10.0. The maximum atomic E-state index is 12.5. The Labute approximate surface area is 139 Å². The standard InChI is InChI=1S/C15H12F3NO4S/c1-22-7-11(13(20)21)10-5-3-2-4-9(10)6-23-12-8-24-14(19-12)15(16,17)18/h2-5,7-8H,6H2,1H3,(H,20,21)/b11-7+. The summed E-state index contributed by atoms with van der Waals surface area (Å²) in [5.41, 5.74) is 0.730. The summed E-state index contributed by atoms with van der Waals surface area (Å²) in [5, 5.41) is 9.38. The van der Waals surface area contributed by atoms with E-state index in [1.54, 1.807) is 24.3 Å². The zero-order valence-corrected chi connectivity index (χ0v) is 13.1. The van der Waals surface area contributed by atoms with Gasteiger partial charge in [0.2, 0.25) is 10.9 Å². The summed E-state index contributed by atoms with van der Waals surface area (Å²) < 4.78 is 47.6. The van der Waals surface area contributed by atoms with E-state index in [9.17, 15) is 23.1 Å². The maximum absolute atomic E-state index is 12.5. The molecule has 0 spiro atoms. The van der Waals surface area contributed by atoms with Crippen molar-refractivity contribution in [2.24, 2.45) is 0 Å². The van der Waals surface area contributed by atoms with Crippen LogP contribution in [0.5, 0.6) is 5.88 Å². The summed E-state index contributed by atoms with van der Waals surface area (Å²) in [6.07, 6.45) is -3.45. The van der Waals surface area contributed by atoms with Gasteiger partial charge in [0.25, 0.3) is 0 Å². The minimum atomic E-state index is -4.53. The van der Waals surface area contributed by atoms with Crippen LogP contribution in [0.15, 0.2) is 35.9 Å². The van der Waals surface area contributed by atoms with Gasteiger partial charge in [0.15, 0.2) is 0 Å². The summed E-state index contributed by atoms with van der Waals surface area (Å²) in [6.45, 7) is -0.133. The lowest BCUT2D eigenvalue weighted by Gasteiger charge is -2.10. The maximum Gasteiger partial charge on any atom is 0.443 e. The van der Waals surface area contributed by atoms with E-state index in [0.29, 0.717) is 22.5 Å². The SMILES string of the molecule is CO/C=C(/C(=O)O)c1ccccc1COc1csc(C(F)(F)F)n1. The van der Waals surface area contributed by atoms with Crippen molar-refractivity contribution >= 4 is 22.9 Å². The molecule has 0 aliphatic rings. The average Bonchev–Trinajstić information content (AvgIpc) is 3.00. The molecule has 9 heteroatoms. The zero-order chi connectivity index (χ0) is 17.7. The molecule has 0 aliphatic carbocycles. The highest BCUT2D eigenvalue weighted by atomic mass is 32.1. The van der Waals surface area contributed by atoms with E-state index in [0.717, 1.165) is 11.6 Å². The summed E-state index contributed by atoms with van der Waals surface area (Å²) in [5.74, 6) is -1.37. The number of ether oxygens (including phenoxy) is 2. The van der Waals surface area contributed by atoms with Gasteiger partial charge in [-0.1, -0.05) is 24.3 Å². The third-order valence-electron chi connectivity index (χ3n) is 2.87. The Morgan fingerprint density at radius 1 is 1.38 bits per heavy atom. The van der Waals surface area contributed by atoms with Crippen molar-refractivity contribution in [2.45, 2.75) is 12.8 Å². The third kappa shape index (κ3) is 4.25. The van der Waals surface area contributed by atoms with Crippen molar-refractivity contribution in [3.63, 3.8) is 0 Å². The van der Waals surface area contributed by atoms with E-state index >= 15 is 0 Å². The summed E-state index contributed by atoms with van der Waals surface area (Å²) in [7, 11) is 1.32. The van der Waals surface area contributed by atoms with Gasteiger partial charge in [0.1, 0.15) is 12.2 Å². The minimum absolute atomic E-state index is 0.0917. The third-order valence-corrected chi connectivity index (χ3v) is 3.74. The Balaban J connectivity index is 2.21. The number of aliphatic carboxylic acids is 1. The molecule has 24 heavy (non-hydrogen) atoms. The predicted molar refractivity (Wildman–Crippen MR) is 80.5 cm³/mol. The summed E-state index contributed by atoms with van der Waals surface area (Å²) >= 11 is 0.429. The molecular formula is C15H12F3NO4S. The molecule has 2 rings (SSSR count). The largest absolute Gasteiger partial charge is 0.503 e. The zero-order valence-electron chi connectivity index (χ0n) is 12.3. The van der Waals surface area contributed by atoms with E-state index in [-0.39, 0.29) is 18.1 Å². The van der Waals surface area contributed by atoms with E-state index in [4.69, 9.17) is 9.47 Å². The first-order valence-corrected chi connectivity index (χ1v) is 7.41. The number of halogens is 3. The number of alkyl halides is 3. The van der Waals surface area contributed by atoms with Crippen molar-refractivity contribution in [1.82, 2.24) is 4.98 Å². The van der Waals surface area contributed by atoms with Crippen molar-refractivity contribution in [1.29, 1.82) is 0 Å². The molecule has 0 radical (unpaired) electrons. The van der Waals surface area contributed by atoms with Gasteiger partial charge in [-0.25, -0.2) is 4.79 Å². The topological polar surface area (TPSA) is 68.7 Å². The number of thiazole rings is 1. The normalized spacial score (nSPS) is 12.1. The Hall–Kier alpha value is -2.55. The quantitative estimate of drug-likeness (QED) is 0.627. The second-order valence-electron chi connectivity index (χ2n) is 4.51. The van der Waals surface area contributed by atoms with E-state index in [1.165, 1.54) is 7.11 Å². The molecule has 0 saturated carbocycles. The Kier molecular flexibility index (Phi) is 5.45. The van der Waals surface area contributed by atoms with Gasteiger partial charge in [-0.2, -0.15) is 18.2 Å². The van der Waals surface area contributed by atoms with Crippen LogP contribution in [0.25, 0.3) is 5.57 Å². The number of aromatic nitrogens is 1. The van der Waals surface area contributed by atoms with Crippen molar-refractivity contribution < 1.29 is 32.5 Å². The lowest BCUT2D eigenvalue weighted by Crippen LogP contribution is -2.07. The van der Waals surface area contributed by atoms with Gasteiger partial charge in [-0.15, -0.1) is 11.3 Å². The van der Waals surface area contributed by atoms with Crippen molar-refractivity contribution in [2.75, 3.05) is 7.11 Å². The van der Waals surface area contributed by atoms with Gasteiger partial charge in [-0.3, -0.25) is 0 Å². The van der Waals surface area contributed by atoms with Crippen LogP contribution in [0, 0.1) is 0 Å². The fourth-order valence-corrected chi connectivity index (χ4v) is 2.47. The van der Waals surface area contributed by atoms with Crippen LogP contribution in [0.3, 0.4) is 0 Å². The smallest absolute Gasteiger partial charge is 0.443 e. The molecular weight excluding hydrogens is 347 g/mol. The number of hydrogen-bond donors (Lipinski definition) is 1. The van der Waals surface area contributed by atoms with Crippen molar-refractivity contribution in [3.8, 4) is 5.88 Å². The van der Waals surface area contributed by atoms with Crippen LogP contribution < -0.4 is 4.74 Å². The van der Waals surface area contributed by atoms with Crippen LogP contribution in [0.1, 0.15) is 16.1 Å². The molecule has 0 bridgehead atoms. The monoisotopic (exact) mass is 359 g/mol. The first kappa shape index (κ1) is 17.8. The fourth-order valence-electron chi connectivity index (χ4n) is 1.86. The molecule has 0 atom stereocenters. The molecule has 5 nitrogen and oxygen atoms in total. The minimum Gasteiger partial charge on any atom is -0.503 e. The molecule has 0 aliphatic heterocycles. The number of methoxy groups -OCH3 is 1. The predicted octanol–water partition coefficient (Wildman–Crippen LogP) is 3.81. The van der Waals surface area contributed by atoms with E-state index < -0.39 is 17.2 Å². The number of hydrogen-bond acceptors (Lipinski definition) is 5. The Bertz CT molecular complexity index is 755. The number of carbonyl (C=O) groups is 1. The van der Waals surface area contributed by atoms with Crippen LogP contribution in [0.2, 0.25) is 0 Å². The number of carboxylic acid groups (broad SMARTS) is 1. The lowest BCUT2D eigenvalue weighted by molar-refractivity contribution is -0.137. The molecule has 1 aromatic carbocycles. The molecule has 0 amide bonds. The number of nitrogens with zero attached hydrogens (tertiary/aromatic N) is 1. The second kappa shape index (κ2) is 7.35. The van der Waals surface area contributed by atoms with Gasteiger partial charge in [0, 0.05) is 0 Å².